The molecule has 1 aromatic rings. The second-order valence-electron chi connectivity index (χ2n) is 7.08. The normalized spacial score (nSPS) is 21.6. The van der Waals surface area contributed by atoms with Crippen LogP contribution in [0.1, 0.15) is 53.3 Å². The monoisotopic (exact) mass is 294 g/mol. The van der Waals surface area contributed by atoms with E-state index in [1.54, 1.807) is 0 Å². The van der Waals surface area contributed by atoms with E-state index in [9.17, 15) is 0 Å². The van der Waals surface area contributed by atoms with E-state index in [0.717, 1.165) is 30.9 Å². The van der Waals surface area contributed by atoms with Crippen molar-refractivity contribution in [3.05, 3.63) is 16.5 Å². The number of H-pyrrole nitrogens is 1. The molecule has 5 heteroatoms. The van der Waals surface area contributed by atoms with Crippen LogP contribution in [0.5, 0.6) is 0 Å². The van der Waals surface area contributed by atoms with Crippen molar-refractivity contribution in [2.75, 3.05) is 5.32 Å². The summed E-state index contributed by atoms with van der Waals surface area (Å²) in [5.41, 5.74) is 0.271. The molecule has 2 rings (SSSR count). The predicted molar refractivity (Wildman–Crippen MR) is 86.7 cm³/mol. The fraction of sp³-hybridized carbons (Fsp3) is 0.733. The molecule has 1 saturated heterocycles. The number of aryl methyl sites for hydroxylation is 1. The molecule has 1 aliphatic heterocycles. The lowest BCUT2D eigenvalue weighted by molar-refractivity contribution is 0.170. The molecule has 0 saturated carbocycles. The number of nitrogens with zero attached hydrogens (tertiary/aromatic N) is 1. The van der Waals surface area contributed by atoms with Crippen LogP contribution in [0.3, 0.4) is 0 Å². The SMILES string of the molecule is CCc1nc(=S)cc(NC2CC(C)(C)NC(C)(C)C2)[nH]1. The Morgan fingerprint density at radius 2 is 1.90 bits per heavy atom. The highest BCUT2D eigenvalue weighted by molar-refractivity contribution is 7.71. The molecule has 20 heavy (non-hydrogen) atoms. The lowest BCUT2D eigenvalue weighted by Crippen LogP contribution is -2.60. The molecule has 0 aliphatic carbocycles. The van der Waals surface area contributed by atoms with Crippen molar-refractivity contribution in [2.45, 2.75) is 71.0 Å². The second kappa shape index (κ2) is 5.45. The van der Waals surface area contributed by atoms with Gasteiger partial charge >= 0.3 is 0 Å². The standard InChI is InChI=1S/C15H26N4S/c1-6-11-17-12(7-13(20)18-11)16-10-8-14(2,3)19-15(4,5)9-10/h7,10,19H,6,8-9H2,1-5H3,(H2,16,17,18,20). The molecule has 0 spiro atoms. The first-order chi connectivity index (χ1) is 9.19. The first-order valence-corrected chi connectivity index (χ1v) is 7.76. The predicted octanol–water partition coefficient (Wildman–Crippen LogP) is 3.42. The van der Waals surface area contributed by atoms with Crippen molar-refractivity contribution >= 4 is 18.0 Å². The lowest BCUT2D eigenvalue weighted by atomic mass is 9.79. The van der Waals surface area contributed by atoms with Gasteiger partial charge in [-0.1, -0.05) is 19.1 Å². The molecule has 0 amide bonds. The van der Waals surface area contributed by atoms with Crippen molar-refractivity contribution < 1.29 is 0 Å². The van der Waals surface area contributed by atoms with E-state index < -0.39 is 0 Å². The Morgan fingerprint density at radius 3 is 2.45 bits per heavy atom. The average molecular weight is 294 g/mol. The van der Waals surface area contributed by atoms with E-state index in [1.165, 1.54) is 0 Å². The van der Waals surface area contributed by atoms with Gasteiger partial charge in [-0.15, -0.1) is 0 Å². The fourth-order valence-corrected chi connectivity index (χ4v) is 3.63. The van der Waals surface area contributed by atoms with Crippen LogP contribution >= 0.6 is 12.2 Å². The molecule has 1 aromatic heterocycles. The van der Waals surface area contributed by atoms with Crippen molar-refractivity contribution in [2.24, 2.45) is 0 Å². The molecule has 112 valence electrons. The molecule has 3 N–H and O–H groups in total. The van der Waals surface area contributed by atoms with Crippen molar-refractivity contribution in [3.63, 3.8) is 0 Å². The van der Waals surface area contributed by atoms with Crippen LogP contribution in [0.4, 0.5) is 5.82 Å². The summed E-state index contributed by atoms with van der Waals surface area (Å²) in [7, 11) is 0. The zero-order valence-electron chi connectivity index (χ0n) is 13.1. The molecule has 0 bridgehead atoms. The number of piperidine rings is 1. The Balaban J connectivity index is 2.17. The van der Waals surface area contributed by atoms with Crippen LogP contribution in [0.15, 0.2) is 6.07 Å². The molecule has 2 heterocycles. The van der Waals surface area contributed by atoms with Gasteiger partial charge in [0.05, 0.1) is 0 Å². The van der Waals surface area contributed by atoms with Crippen LogP contribution in [0.2, 0.25) is 0 Å². The van der Waals surface area contributed by atoms with Gasteiger partial charge in [0.15, 0.2) is 0 Å². The third-order valence-corrected chi connectivity index (χ3v) is 3.89. The van der Waals surface area contributed by atoms with Gasteiger partial charge in [-0.2, -0.15) is 0 Å². The molecule has 1 aliphatic rings. The molecular formula is C15H26N4S. The van der Waals surface area contributed by atoms with Gasteiger partial charge in [-0.3, -0.25) is 0 Å². The molecule has 1 fully saturated rings. The first-order valence-electron chi connectivity index (χ1n) is 7.35. The van der Waals surface area contributed by atoms with Crippen LogP contribution in [0.25, 0.3) is 0 Å². The van der Waals surface area contributed by atoms with Gasteiger partial charge in [0.25, 0.3) is 0 Å². The Hall–Kier alpha value is -0.940. The summed E-state index contributed by atoms with van der Waals surface area (Å²) in [6, 6.07) is 2.34. The van der Waals surface area contributed by atoms with Gasteiger partial charge in [0.1, 0.15) is 16.3 Å². The molecule has 4 nitrogen and oxygen atoms in total. The Morgan fingerprint density at radius 1 is 1.30 bits per heavy atom. The molecule has 0 unspecified atom stereocenters. The number of anilines is 1. The number of aromatic amines is 1. The summed E-state index contributed by atoms with van der Waals surface area (Å²) in [6.45, 7) is 11.1. The zero-order valence-corrected chi connectivity index (χ0v) is 13.9. The third kappa shape index (κ3) is 4.03. The van der Waals surface area contributed by atoms with Crippen LogP contribution in [-0.2, 0) is 6.42 Å². The maximum Gasteiger partial charge on any atom is 0.131 e. The number of hydrogen-bond acceptors (Lipinski definition) is 4. The van der Waals surface area contributed by atoms with E-state index in [0.29, 0.717) is 10.7 Å². The molecule has 0 radical (unpaired) electrons. The minimum absolute atomic E-state index is 0.136. The summed E-state index contributed by atoms with van der Waals surface area (Å²) in [4.78, 5) is 7.64. The summed E-state index contributed by atoms with van der Waals surface area (Å²) >= 11 is 5.23. The Kier molecular flexibility index (Phi) is 4.21. The number of hydrogen-bond donors (Lipinski definition) is 3. The lowest BCUT2D eigenvalue weighted by Gasteiger charge is -2.46. The number of rotatable bonds is 3. The number of aromatic nitrogens is 2. The van der Waals surface area contributed by atoms with Crippen molar-refractivity contribution in [3.8, 4) is 0 Å². The summed E-state index contributed by atoms with van der Waals surface area (Å²) in [5.74, 6) is 1.92. The van der Waals surface area contributed by atoms with Crippen LogP contribution in [0, 0.1) is 4.64 Å². The summed E-state index contributed by atoms with van der Waals surface area (Å²) in [6.07, 6.45) is 3.03. The van der Waals surface area contributed by atoms with E-state index in [2.05, 4.69) is 55.2 Å². The van der Waals surface area contributed by atoms with Gasteiger partial charge < -0.3 is 15.6 Å². The second-order valence-corrected chi connectivity index (χ2v) is 7.49. The third-order valence-electron chi connectivity index (χ3n) is 3.68. The zero-order chi connectivity index (χ0) is 15.0. The highest BCUT2D eigenvalue weighted by Crippen LogP contribution is 2.30. The maximum absolute atomic E-state index is 5.23. The number of nitrogens with one attached hydrogen (secondary N) is 3. The van der Waals surface area contributed by atoms with Crippen LogP contribution < -0.4 is 10.6 Å². The first kappa shape index (κ1) is 15.4. The van der Waals surface area contributed by atoms with E-state index in [4.69, 9.17) is 12.2 Å². The highest BCUT2D eigenvalue weighted by atomic mass is 32.1. The van der Waals surface area contributed by atoms with Gasteiger partial charge in [0.2, 0.25) is 0 Å². The minimum atomic E-state index is 0.136. The molecular weight excluding hydrogens is 268 g/mol. The topological polar surface area (TPSA) is 52.7 Å². The highest BCUT2D eigenvalue weighted by Gasteiger charge is 2.37. The van der Waals surface area contributed by atoms with E-state index in [-0.39, 0.29) is 11.1 Å². The molecule has 0 aromatic carbocycles. The summed E-state index contributed by atoms with van der Waals surface area (Å²) < 4.78 is 0.649. The Bertz CT molecular complexity index is 517. The van der Waals surface area contributed by atoms with Crippen molar-refractivity contribution in [1.82, 2.24) is 15.3 Å². The van der Waals surface area contributed by atoms with Crippen molar-refractivity contribution in [1.29, 1.82) is 0 Å². The van der Waals surface area contributed by atoms with Crippen LogP contribution in [-0.4, -0.2) is 27.1 Å². The molecule has 0 atom stereocenters. The van der Waals surface area contributed by atoms with Gasteiger partial charge in [-0.25, -0.2) is 4.98 Å². The quantitative estimate of drug-likeness (QED) is 0.748. The minimum Gasteiger partial charge on any atom is -0.369 e. The van der Waals surface area contributed by atoms with E-state index >= 15 is 0 Å². The summed E-state index contributed by atoms with van der Waals surface area (Å²) in [5, 5.41) is 7.30. The average Bonchev–Trinajstić information content (AvgIpc) is 2.23. The van der Waals surface area contributed by atoms with Gasteiger partial charge in [-0.05, 0) is 40.5 Å². The maximum atomic E-state index is 5.23. The smallest absolute Gasteiger partial charge is 0.131 e. The fourth-order valence-electron chi connectivity index (χ4n) is 3.40. The largest absolute Gasteiger partial charge is 0.369 e. The van der Waals surface area contributed by atoms with Gasteiger partial charge in [0, 0.05) is 29.6 Å². The van der Waals surface area contributed by atoms with E-state index in [1.807, 2.05) is 6.07 Å². The Labute approximate surface area is 126 Å².